The number of allylic oxidation sites excluding steroid dienone is 2. The number of aliphatic hydroxyl groups excluding tert-OH is 1. The topological polar surface area (TPSA) is 99.3 Å². The van der Waals surface area contributed by atoms with Gasteiger partial charge in [-0.2, -0.15) is 0 Å². The molecule has 1 aromatic rings. The number of anilines is 2. The van der Waals surface area contributed by atoms with Crippen LogP contribution in [0.5, 0.6) is 0 Å². The molecule has 1 saturated carbocycles. The van der Waals surface area contributed by atoms with Crippen LogP contribution in [0.1, 0.15) is 32.6 Å². The van der Waals surface area contributed by atoms with E-state index in [1.165, 1.54) is 17.6 Å². The van der Waals surface area contributed by atoms with Crippen LogP contribution in [0.2, 0.25) is 0 Å². The molecule has 3 aliphatic rings. The van der Waals surface area contributed by atoms with Gasteiger partial charge in [0.15, 0.2) is 0 Å². The minimum absolute atomic E-state index is 0.137. The molecule has 0 bridgehead atoms. The Hall–Kier alpha value is -2.54. The van der Waals surface area contributed by atoms with E-state index in [1.54, 1.807) is 6.07 Å². The summed E-state index contributed by atoms with van der Waals surface area (Å²) in [5.74, 6) is 1.11. The number of rotatable bonds is 2. The Morgan fingerprint density at radius 3 is 2.92 bits per heavy atom. The van der Waals surface area contributed by atoms with Gasteiger partial charge in [0.25, 0.3) is 0 Å². The van der Waals surface area contributed by atoms with E-state index in [2.05, 4.69) is 50.9 Å². The van der Waals surface area contributed by atoms with Gasteiger partial charge in [-0.05, 0) is 44.3 Å². The lowest BCUT2D eigenvalue weighted by Gasteiger charge is -2.44. The van der Waals surface area contributed by atoms with Gasteiger partial charge in [0.1, 0.15) is 23.6 Å². The van der Waals surface area contributed by atoms with Crippen molar-refractivity contribution in [1.29, 1.82) is 0 Å². The van der Waals surface area contributed by atoms with Gasteiger partial charge in [-0.25, -0.2) is 9.97 Å². The maximum atomic E-state index is 9.85. The number of hydrogen-bond donors (Lipinski definition) is 4. The van der Waals surface area contributed by atoms with Crippen LogP contribution in [0, 0.1) is 0 Å². The molecule has 0 unspecified atom stereocenters. The molecule has 5 N–H and O–H groups in total. The van der Waals surface area contributed by atoms with Crippen molar-refractivity contribution in [3.63, 3.8) is 0 Å². The first-order valence-corrected chi connectivity index (χ1v) is 8.26. The van der Waals surface area contributed by atoms with Crippen molar-refractivity contribution < 1.29 is 5.11 Å². The highest BCUT2D eigenvalue weighted by Crippen LogP contribution is 2.41. The quantitative estimate of drug-likeness (QED) is 0.656. The highest BCUT2D eigenvalue weighted by Gasteiger charge is 2.44. The molecule has 4 rings (SSSR count). The summed E-state index contributed by atoms with van der Waals surface area (Å²) >= 11 is 0. The summed E-state index contributed by atoms with van der Waals surface area (Å²) in [6, 6.07) is 1.71. The molecule has 126 valence electrons. The largest absolute Gasteiger partial charge is 0.393 e. The van der Waals surface area contributed by atoms with Crippen molar-refractivity contribution in [1.82, 2.24) is 20.2 Å². The van der Waals surface area contributed by atoms with Crippen LogP contribution >= 0.6 is 0 Å². The van der Waals surface area contributed by atoms with Crippen LogP contribution in [-0.2, 0) is 0 Å². The molecule has 0 aromatic carbocycles. The van der Waals surface area contributed by atoms with Gasteiger partial charge in [0.05, 0.1) is 17.5 Å². The monoisotopic (exact) mass is 326 g/mol. The predicted octanol–water partition coefficient (Wildman–Crippen LogP) is 1.65. The van der Waals surface area contributed by atoms with Gasteiger partial charge in [-0.15, -0.1) is 0 Å². The zero-order chi connectivity index (χ0) is 16.7. The van der Waals surface area contributed by atoms with E-state index in [0.717, 1.165) is 31.4 Å². The van der Waals surface area contributed by atoms with Gasteiger partial charge in [0, 0.05) is 18.5 Å². The Balaban J connectivity index is 1.61. The van der Waals surface area contributed by atoms with Crippen LogP contribution in [0.15, 0.2) is 47.8 Å². The molecule has 24 heavy (non-hydrogen) atoms. The summed E-state index contributed by atoms with van der Waals surface area (Å²) < 4.78 is 0. The van der Waals surface area contributed by atoms with Crippen LogP contribution in [0.4, 0.5) is 11.6 Å². The van der Waals surface area contributed by atoms with Gasteiger partial charge >= 0.3 is 0 Å². The normalized spacial score (nSPS) is 28.7. The third kappa shape index (κ3) is 2.50. The minimum Gasteiger partial charge on any atom is -0.393 e. The van der Waals surface area contributed by atoms with Gasteiger partial charge in [0.2, 0.25) is 0 Å². The fourth-order valence-electron chi connectivity index (χ4n) is 3.68. The molecule has 3 heterocycles. The van der Waals surface area contributed by atoms with E-state index in [9.17, 15) is 5.11 Å². The summed E-state index contributed by atoms with van der Waals surface area (Å²) in [6.45, 7) is 2.10. The van der Waals surface area contributed by atoms with Gasteiger partial charge in [-0.3, -0.25) is 0 Å². The number of fused-ring (bicyclic) bond motifs is 2. The summed E-state index contributed by atoms with van der Waals surface area (Å²) in [5, 5.41) is 16.7. The number of nitrogens with zero attached hydrogens (tertiary/aromatic N) is 3. The third-order valence-electron chi connectivity index (χ3n) is 4.99. The first kappa shape index (κ1) is 15.0. The molecule has 1 spiro atoms. The second-order valence-electron chi connectivity index (χ2n) is 6.67. The van der Waals surface area contributed by atoms with Crippen LogP contribution in [0.25, 0.3) is 0 Å². The van der Waals surface area contributed by atoms with Crippen molar-refractivity contribution >= 4 is 11.6 Å². The number of nitrogen functional groups attached to an aromatic ring is 1. The average molecular weight is 326 g/mol. The zero-order valence-electron chi connectivity index (χ0n) is 13.7. The van der Waals surface area contributed by atoms with Gasteiger partial charge in [-0.1, -0.05) is 0 Å². The molecular weight excluding hydrogens is 304 g/mol. The Morgan fingerprint density at radius 2 is 2.17 bits per heavy atom. The minimum atomic E-state index is -0.187. The molecule has 0 saturated heterocycles. The number of hydrogen-bond acceptors (Lipinski definition) is 7. The van der Waals surface area contributed by atoms with E-state index in [1.807, 2.05) is 0 Å². The summed E-state index contributed by atoms with van der Waals surface area (Å²) in [6.07, 6.45) is 11.0. The maximum Gasteiger partial charge on any atom is 0.135 e. The van der Waals surface area contributed by atoms with Crippen molar-refractivity contribution in [2.24, 2.45) is 0 Å². The molecule has 1 fully saturated rings. The van der Waals surface area contributed by atoms with E-state index in [4.69, 9.17) is 5.73 Å². The molecule has 0 atom stereocenters. The van der Waals surface area contributed by atoms with E-state index >= 15 is 0 Å². The molecule has 0 radical (unpaired) electrons. The Kier molecular flexibility index (Phi) is 3.45. The molecule has 2 aliphatic heterocycles. The molecular formula is C17H22N6O. The highest BCUT2D eigenvalue weighted by atomic mass is 16.3. The standard InChI is InChI=1S/C17H22N6O/c1-11-6-12(22-16-7-15(18)19-10-20-16)9-23-14(11)8-21-17(23)4-2-13(24)3-5-17/h6-10,13,21,24H,2-5H2,1H3,(H3,18,19,20,22). The Labute approximate surface area is 141 Å². The van der Waals surface area contributed by atoms with Crippen LogP contribution in [-0.4, -0.2) is 31.7 Å². The molecule has 1 aromatic heterocycles. The molecule has 7 nitrogen and oxygen atoms in total. The number of aromatic nitrogens is 2. The van der Waals surface area contributed by atoms with Crippen LogP contribution in [0.3, 0.4) is 0 Å². The van der Waals surface area contributed by atoms with Gasteiger partial charge < -0.3 is 26.4 Å². The van der Waals surface area contributed by atoms with Crippen molar-refractivity contribution in [3.8, 4) is 0 Å². The van der Waals surface area contributed by atoms with Crippen molar-refractivity contribution in [3.05, 3.63) is 47.8 Å². The third-order valence-corrected chi connectivity index (χ3v) is 4.99. The average Bonchev–Trinajstić information content (AvgIpc) is 2.90. The fourth-order valence-corrected chi connectivity index (χ4v) is 3.68. The van der Waals surface area contributed by atoms with E-state index in [0.29, 0.717) is 11.6 Å². The van der Waals surface area contributed by atoms with E-state index < -0.39 is 0 Å². The Bertz CT molecular complexity index is 745. The smallest absolute Gasteiger partial charge is 0.135 e. The summed E-state index contributed by atoms with van der Waals surface area (Å²) in [4.78, 5) is 10.4. The van der Waals surface area contributed by atoms with Crippen molar-refractivity contribution in [2.45, 2.75) is 44.4 Å². The first-order valence-electron chi connectivity index (χ1n) is 8.26. The fraction of sp³-hybridized carbons (Fsp3) is 0.412. The van der Waals surface area contributed by atoms with Crippen LogP contribution < -0.4 is 16.4 Å². The lowest BCUT2D eigenvalue weighted by atomic mass is 9.86. The number of aliphatic hydroxyl groups is 1. The molecule has 1 aliphatic carbocycles. The summed E-state index contributed by atoms with van der Waals surface area (Å²) in [5.41, 5.74) is 8.90. The predicted molar refractivity (Wildman–Crippen MR) is 92.2 cm³/mol. The lowest BCUT2D eigenvalue weighted by molar-refractivity contribution is 0.0441. The summed E-state index contributed by atoms with van der Waals surface area (Å²) in [7, 11) is 0. The van der Waals surface area contributed by atoms with E-state index in [-0.39, 0.29) is 11.8 Å². The first-order chi connectivity index (χ1) is 11.6. The second-order valence-corrected chi connectivity index (χ2v) is 6.67. The van der Waals surface area contributed by atoms with Crippen molar-refractivity contribution in [2.75, 3.05) is 11.1 Å². The highest BCUT2D eigenvalue weighted by molar-refractivity contribution is 5.54. The molecule has 0 amide bonds. The Morgan fingerprint density at radius 1 is 1.38 bits per heavy atom. The zero-order valence-corrected chi connectivity index (χ0v) is 13.7. The molecule has 7 heteroatoms. The lowest BCUT2D eigenvalue weighted by Crippen LogP contribution is -2.53. The number of nitrogens with two attached hydrogens (primary N) is 1. The second kappa shape index (κ2) is 5.52. The maximum absolute atomic E-state index is 9.85. The SMILES string of the molecule is CC1=CC(Nc2cc(N)ncn2)=CN2C1=CNC21CCC(O)CC1. The number of nitrogens with one attached hydrogen (secondary N) is 2.